The predicted molar refractivity (Wildman–Crippen MR) is 78.0 cm³/mol. The number of aldehydes is 1. The zero-order valence-electron chi connectivity index (χ0n) is 11.4. The van der Waals surface area contributed by atoms with Crippen LogP contribution in [-0.2, 0) is 4.79 Å². The number of benzene rings is 2. The lowest BCUT2D eigenvalue weighted by Gasteiger charge is -2.31. The molecule has 100 valence electrons. The summed E-state index contributed by atoms with van der Waals surface area (Å²) in [5.74, 6) is 0.388. The van der Waals surface area contributed by atoms with Crippen LogP contribution in [0.4, 0.5) is 0 Å². The highest BCUT2D eigenvalue weighted by Crippen LogP contribution is 2.41. The van der Waals surface area contributed by atoms with E-state index in [9.17, 15) is 9.59 Å². The van der Waals surface area contributed by atoms with E-state index in [-0.39, 0.29) is 17.6 Å². The van der Waals surface area contributed by atoms with Gasteiger partial charge in [-0.3, -0.25) is 4.79 Å². The standard InChI is InChI=1S/C18H16O2/c1-12(10-11-19)17-13-6-2-4-8-15(13)18(20)16-9-5-3-7-14(16)17/h2-9,11-12,17H,10H2,1H3/t12-/m1/s1. The maximum Gasteiger partial charge on any atom is 0.193 e. The van der Waals surface area contributed by atoms with E-state index in [1.54, 1.807) is 0 Å². The average molecular weight is 264 g/mol. The first-order valence-corrected chi connectivity index (χ1v) is 6.90. The van der Waals surface area contributed by atoms with Crippen molar-refractivity contribution in [2.45, 2.75) is 19.3 Å². The molecule has 0 aliphatic heterocycles. The number of carbonyl (C=O) groups excluding carboxylic acids is 2. The molecule has 0 heterocycles. The Hall–Kier alpha value is -2.22. The molecule has 0 N–H and O–H groups in total. The van der Waals surface area contributed by atoms with Crippen LogP contribution in [0, 0.1) is 5.92 Å². The molecule has 2 aromatic carbocycles. The predicted octanol–water partition coefficient (Wildman–Crippen LogP) is 3.59. The van der Waals surface area contributed by atoms with Crippen molar-refractivity contribution in [2.75, 3.05) is 0 Å². The molecule has 1 atom stereocenters. The molecule has 0 unspecified atom stereocenters. The van der Waals surface area contributed by atoms with Crippen LogP contribution in [0.3, 0.4) is 0 Å². The summed E-state index contributed by atoms with van der Waals surface area (Å²) in [5, 5.41) is 0. The fraction of sp³-hybridized carbons (Fsp3) is 0.222. The Labute approximate surface area is 118 Å². The maximum atomic E-state index is 12.6. The van der Waals surface area contributed by atoms with Crippen LogP contribution in [0.15, 0.2) is 48.5 Å². The van der Waals surface area contributed by atoms with Crippen LogP contribution in [-0.4, -0.2) is 12.1 Å². The number of hydrogen-bond donors (Lipinski definition) is 0. The number of rotatable bonds is 3. The highest BCUT2D eigenvalue weighted by atomic mass is 16.1. The van der Waals surface area contributed by atoms with Gasteiger partial charge in [-0.15, -0.1) is 0 Å². The van der Waals surface area contributed by atoms with Crippen molar-refractivity contribution in [3.63, 3.8) is 0 Å². The monoisotopic (exact) mass is 264 g/mol. The SMILES string of the molecule is C[C@H](CC=O)C1c2ccccc2C(=O)c2ccccc21. The molecule has 3 rings (SSSR count). The summed E-state index contributed by atoms with van der Waals surface area (Å²) in [6.07, 6.45) is 1.47. The lowest BCUT2D eigenvalue weighted by Crippen LogP contribution is -2.23. The summed E-state index contributed by atoms with van der Waals surface area (Å²) in [7, 11) is 0. The van der Waals surface area contributed by atoms with E-state index in [1.807, 2.05) is 48.5 Å². The molecule has 0 amide bonds. The second-order valence-electron chi connectivity index (χ2n) is 5.36. The zero-order valence-corrected chi connectivity index (χ0v) is 11.4. The van der Waals surface area contributed by atoms with E-state index in [4.69, 9.17) is 0 Å². The molecule has 0 aromatic heterocycles. The summed E-state index contributed by atoms with van der Waals surface area (Å²) < 4.78 is 0. The molecule has 0 bridgehead atoms. The smallest absolute Gasteiger partial charge is 0.193 e. The summed E-state index contributed by atoms with van der Waals surface area (Å²) in [6.45, 7) is 2.07. The van der Waals surface area contributed by atoms with Crippen LogP contribution in [0.5, 0.6) is 0 Å². The molecule has 20 heavy (non-hydrogen) atoms. The highest BCUT2D eigenvalue weighted by Gasteiger charge is 2.33. The Balaban J connectivity index is 2.22. The van der Waals surface area contributed by atoms with Gasteiger partial charge >= 0.3 is 0 Å². The molecule has 0 saturated carbocycles. The van der Waals surface area contributed by atoms with Crippen LogP contribution in [0.25, 0.3) is 0 Å². The third-order valence-corrected chi connectivity index (χ3v) is 4.12. The fourth-order valence-electron chi connectivity index (χ4n) is 3.16. The molecule has 2 heteroatoms. The Morgan fingerprint density at radius 1 is 1.00 bits per heavy atom. The first kappa shape index (κ1) is 12.8. The summed E-state index contributed by atoms with van der Waals surface area (Å²) in [6, 6.07) is 15.5. The van der Waals surface area contributed by atoms with Gasteiger partial charge in [0, 0.05) is 23.5 Å². The zero-order chi connectivity index (χ0) is 14.1. The molecular formula is C18H16O2. The highest BCUT2D eigenvalue weighted by molar-refractivity contribution is 6.12. The van der Waals surface area contributed by atoms with E-state index in [1.165, 1.54) is 0 Å². The third kappa shape index (κ3) is 1.88. The molecule has 2 aromatic rings. The number of fused-ring (bicyclic) bond motifs is 2. The van der Waals surface area contributed by atoms with Gasteiger partial charge in [-0.2, -0.15) is 0 Å². The van der Waals surface area contributed by atoms with Gasteiger partial charge in [0.2, 0.25) is 0 Å². The summed E-state index contributed by atoms with van der Waals surface area (Å²) >= 11 is 0. The first-order valence-electron chi connectivity index (χ1n) is 6.90. The molecule has 0 saturated heterocycles. The fourth-order valence-corrected chi connectivity index (χ4v) is 3.16. The van der Waals surface area contributed by atoms with Crippen LogP contribution < -0.4 is 0 Å². The van der Waals surface area contributed by atoms with E-state index < -0.39 is 0 Å². The second-order valence-corrected chi connectivity index (χ2v) is 5.36. The van der Waals surface area contributed by atoms with Crippen molar-refractivity contribution in [1.29, 1.82) is 0 Å². The van der Waals surface area contributed by atoms with Gasteiger partial charge in [-0.1, -0.05) is 55.5 Å². The molecule has 0 radical (unpaired) electrons. The van der Waals surface area contributed by atoms with Crippen molar-refractivity contribution < 1.29 is 9.59 Å². The molecule has 2 nitrogen and oxygen atoms in total. The molecule has 0 spiro atoms. The molecule has 1 aliphatic carbocycles. The number of carbonyl (C=O) groups is 2. The van der Waals surface area contributed by atoms with E-state index >= 15 is 0 Å². The summed E-state index contributed by atoms with van der Waals surface area (Å²) in [4.78, 5) is 23.4. The Morgan fingerprint density at radius 3 is 2.00 bits per heavy atom. The second kappa shape index (κ2) is 5.04. The van der Waals surface area contributed by atoms with Gasteiger partial charge < -0.3 is 4.79 Å². The van der Waals surface area contributed by atoms with E-state index in [0.717, 1.165) is 28.5 Å². The van der Waals surface area contributed by atoms with E-state index in [0.29, 0.717) is 6.42 Å². The van der Waals surface area contributed by atoms with Crippen molar-refractivity contribution in [3.8, 4) is 0 Å². The van der Waals surface area contributed by atoms with Crippen molar-refractivity contribution in [3.05, 3.63) is 70.8 Å². The quantitative estimate of drug-likeness (QED) is 0.794. The normalized spacial score (nSPS) is 15.3. The minimum absolute atomic E-state index is 0.0887. The lowest BCUT2D eigenvalue weighted by atomic mass is 9.71. The molecular weight excluding hydrogens is 248 g/mol. The molecule has 0 fully saturated rings. The largest absolute Gasteiger partial charge is 0.303 e. The van der Waals surface area contributed by atoms with Crippen LogP contribution in [0.1, 0.15) is 46.3 Å². The van der Waals surface area contributed by atoms with Crippen molar-refractivity contribution in [2.24, 2.45) is 5.92 Å². The third-order valence-electron chi connectivity index (χ3n) is 4.12. The number of ketones is 1. The van der Waals surface area contributed by atoms with E-state index in [2.05, 4.69) is 6.92 Å². The van der Waals surface area contributed by atoms with Gasteiger partial charge in [0.15, 0.2) is 5.78 Å². The number of hydrogen-bond acceptors (Lipinski definition) is 2. The maximum absolute atomic E-state index is 12.6. The minimum Gasteiger partial charge on any atom is -0.303 e. The van der Waals surface area contributed by atoms with Crippen LogP contribution >= 0.6 is 0 Å². The molecule has 1 aliphatic rings. The van der Waals surface area contributed by atoms with Crippen molar-refractivity contribution in [1.82, 2.24) is 0 Å². The first-order chi connectivity index (χ1) is 9.74. The van der Waals surface area contributed by atoms with Gasteiger partial charge in [0.05, 0.1) is 0 Å². The van der Waals surface area contributed by atoms with Gasteiger partial charge in [-0.05, 0) is 17.0 Å². The summed E-state index contributed by atoms with van der Waals surface area (Å²) in [5.41, 5.74) is 3.64. The topological polar surface area (TPSA) is 34.1 Å². The van der Waals surface area contributed by atoms with Crippen LogP contribution in [0.2, 0.25) is 0 Å². The lowest BCUT2D eigenvalue weighted by molar-refractivity contribution is -0.108. The van der Waals surface area contributed by atoms with Crippen molar-refractivity contribution >= 4 is 12.1 Å². The Kier molecular flexibility index (Phi) is 3.23. The Morgan fingerprint density at radius 2 is 1.50 bits per heavy atom. The van der Waals surface area contributed by atoms with Gasteiger partial charge in [-0.25, -0.2) is 0 Å². The minimum atomic E-state index is 0.0887. The Bertz CT molecular complexity index is 623. The van der Waals surface area contributed by atoms with Gasteiger partial charge in [0.25, 0.3) is 0 Å². The van der Waals surface area contributed by atoms with Gasteiger partial charge in [0.1, 0.15) is 6.29 Å². The average Bonchev–Trinajstić information content (AvgIpc) is 2.48.